The van der Waals surface area contributed by atoms with Crippen LogP contribution in [0.3, 0.4) is 0 Å². The Kier molecular flexibility index (Phi) is 6.82. The van der Waals surface area contributed by atoms with Crippen LogP contribution in [-0.4, -0.2) is 31.6 Å². The number of aryl methyl sites for hydroxylation is 1. The van der Waals surface area contributed by atoms with Gasteiger partial charge in [-0.25, -0.2) is 0 Å². The van der Waals surface area contributed by atoms with Gasteiger partial charge in [0.2, 0.25) is 0 Å². The van der Waals surface area contributed by atoms with Crippen molar-refractivity contribution >= 4 is 18.3 Å². The molecule has 0 bridgehead atoms. The molecule has 1 aliphatic rings. The van der Waals surface area contributed by atoms with Crippen LogP contribution in [0.15, 0.2) is 24.3 Å². The van der Waals surface area contributed by atoms with E-state index in [2.05, 4.69) is 17.6 Å². The summed E-state index contributed by atoms with van der Waals surface area (Å²) < 4.78 is 5.47. The summed E-state index contributed by atoms with van der Waals surface area (Å²) in [6, 6.07) is 7.98. The third-order valence-electron chi connectivity index (χ3n) is 3.52. The molecule has 112 valence electrons. The first kappa shape index (κ1) is 16.8. The number of carbonyl (C=O) groups is 1. The number of piperidine rings is 1. The first-order valence-corrected chi connectivity index (χ1v) is 6.84. The topological polar surface area (TPSA) is 50.4 Å². The maximum absolute atomic E-state index is 11.8. The van der Waals surface area contributed by atoms with Gasteiger partial charge in [-0.3, -0.25) is 4.79 Å². The second-order valence-corrected chi connectivity index (χ2v) is 5.25. The minimum absolute atomic E-state index is 0. The normalized spacial score (nSPS) is 21.7. The number of ether oxygens (including phenoxy) is 1. The summed E-state index contributed by atoms with van der Waals surface area (Å²) in [6.45, 7) is 6.19. The first-order valence-electron chi connectivity index (χ1n) is 6.84. The number of carbonyl (C=O) groups excluding carboxylic acids is 1. The predicted molar refractivity (Wildman–Crippen MR) is 82.5 cm³/mol. The largest absolute Gasteiger partial charge is 0.484 e. The van der Waals surface area contributed by atoms with Gasteiger partial charge in [-0.1, -0.05) is 24.6 Å². The molecule has 4 nitrogen and oxygen atoms in total. The molecule has 1 aromatic carbocycles. The number of nitrogens with one attached hydrogen (secondary N) is 2. The van der Waals surface area contributed by atoms with E-state index in [4.69, 9.17) is 4.74 Å². The molecule has 1 fully saturated rings. The lowest BCUT2D eigenvalue weighted by molar-refractivity contribution is -0.124. The SMILES string of the molecule is Cc1ccc(OCC(=O)NC2CCNCC2C)cc1.Cl. The van der Waals surface area contributed by atoms with Crippen LogP contribution in [0.2, 0.25) is 0 Å². The van der Waals surface area contributed by atoms with Crippen molar-refractivity contribution in [3.05, 3.63) is 29.8 Å². The monoisotopic (exact) mass is 298 g/mol. The summed E-state index contributed by atoms with van der Waals surface area (Å²) in [5, 5.41) is 6.36. The molecule has 2 rings (SSSR count). The van der Waals surface area contributed by atoms with Crippen LogP contribution < -0.4 is 15.4 Å². The Labute approximate surface area is 126 Å². The minimum Gasteiger partial charge on any atom is -0.484 e. The van der Waals surface area contributed by atoms with E-state index in [0.717, 1.165) is 25.3 Å². The lowest BCUT2D eigenvalue weighted by atomic mass is 9.95. The molecule has 1 saturated heterocycles. The number of hydrogen-bond donors (Lipinski definition) is 2. The molecule has 0 aliphatic carbocycles. The summed E-state index contributed by atoms with van der Waals surface area (Å²) in [5.74, 6) is 1.16. The molecule has 0 spiro atoms. The quantitative estimate of drug-likeness (QED) is 0.893. The second-order valence-electron chi connectivity index (χ2n) is 5.25. The van der Waals surface area contributed by atoms with Crippen LogP contribution in [0.4, 0.5) is 0 Å². The fraction of sp³-hybridized carbons (Fsp3) is 0.533. The predicted octanol–water partition coefficient (Wildman–Crippen LogP) is 1.91. The van der Waals surface area contributed by atoms with Crippen molar-refractivity contribution in [1.29, 1.82) is 0 Å². The van der Waals surface area contributed by atoms with Crippen LogP contribution in [-0.2, 0) is 4.79 Å². The summed E-state index contributed by atoms with van der Waals surface area (Å²) in [5.41, 5.74) is 1.18. The summed E-state index contributed by atoms with van der Waals surface area (Å²) in [6.07, 6.45) is 0.984. The Morgan fingerprint density at radius 3 is 2.75 bits per heavy atom. The maximum atomic E-state index is 11.8. The van der Waals surface area contributed by atoms with Gasteiger partial charge >= 0.3 is 0 Å². The first-order chi connectivity index (χ1) is 9.15. The van der Waals surface area contributed by atoms with Gasteiger partial charge < -0.3 is 15.4 Å². The molecule has 2 atom stereocenters. The molecule has 2 N–H and O–H groups in total. The lowest BCUT2D eigenvalue weighted by Gasteiger charge is -2.30. The zero-order valence-electron chi connectivity index (χ0n) is 12.0. The average molecular weight is 299 g/mol. The summed E-state index contributed by atoms with van der Waals surface area (Å²) in [7, 11) is 0. The van der Waals surface area contributed by atoms with Gasteiger partial charge in [0, 0.05) is 6.04 Å². The molecule has 1 aromatic rings. The van der Waals surface area contributed by atoms with Crippen LogP contribution in [0.5, 0.6) is 5.75 Å². The van der Waals surface area contributed by atoms with Gasteiger partial charge in [-0.2, -0.15) is 0 Å². The third-order valence-corrected chi connectivity index (χ3v) is 3.52. The highest BCUT2D eigenvalue weighted by molar-refractivity contribution is 5.85. The van der Waals surface area contributed by atoms with Gasteiger partial charge in [-0.15, -0.1) is 12.4 Å². The highest BCUT2D eigenvalue weighted by Gasteiger charge is 2.22. The van der Waals surface area contributed by atoms with Gasteiger partial charge in [-0.05, 0) is 44.5 Å². The van der Waals surface area contributed by atoms with E-state index in [1.807, 2.05) is 31.2 Å². The van der Waals surface area contributed by atoms with Crippen molar-refractivity contribution in [3.8, 4) is 5.75 Å². The van der Waals surface area contributed by atoms with E-state index in [1.54, 1.807) is 0 Å². The van der Waals surface area contributed by atoms with Crippen LogP contribution in [0.1, 0.15) is 18.9 Å². The zero-order chi connectivity index (χ0) is 13.7. The Bertz CT molecular complexity index is 422. The Morgan fingerprint density at radius 1 is 1.40 bits per heavy atom. The maximum Gasteiger partial charge on any atom is 0.258 e. The number of amides is 1. The second kappa shape index (κ2) is 8.12. The third kappa shape index (κ3) is 5.02. The summed E-state index contributed by atoms with van der Waals surface area (Å²) in [4.78, 5) is 11.8. The van der Waals surface area contributed by atoms with E-state index < -0.39 is 0 Å². The van der Waals surface area contributed by atoms with Gasteiger partial charge in [0.1, 0.15) is 5.75 Å². The number of halogens is 1. The van der Waals surface area contributed by atoms with Crippen LogP contribution in [0.25, 0.3) is 0 Å². The molecular weight excluding hydrogens is 276 g/mol. The Morgan fingerprint density at radius 2 is 2.10 bits per heavy atom. The molecule has 0 radical (unpaired) electrons. The van der Waals surface area contributed by atoms with Gasteiger partial charge in [0.05, 0.1) is 0 Å². The molecule has 0 saturated carbocycles. The van der Waals surface area contributed by atoms with E-state index in [9.17, 15) is 4.79 Å². The van der Waals surface area contributed by atoms with Gasteiger partial charge in [0.15, 0.2) is 6.61 Å². The van der Waals surface area contributed by atoms with E-state index in [1.165, 1.54) is 5.56 Å². The van der Waals surface area contributed by atoms with Crippen molar-refractivity contribution in [3.63, 3.8) is 0 Å². The lowest BCUT2D eigenvalue weighted by Crippen LogP contribution is -2.49. The smallest absolute Gasteiger partial charge is 0.258 e. The highest BCUT2D eigenvalue weighted by Crippen LogP contribution is 2.12. The highest BCUT2D eigenvalue weighted by atomic mass is 35.5. The van der Waals surface area contributed by atoms with E-state index >= 15 is 0 Å². The van der Waals surface area contributed by atoms with Crippen molar-refractivity contribution in [2.75, 3.05) is 19.7 Å². The standard InChI is InChI=1S/C15H22N2O2.ClH/c1-11-3-5-13(6-4-11)19-10-15(18)17-14-7-8-16-9-12(14)2;/h3-6,12,14,16H,7-10H2,1-2H3,(H,17,18);1H. The van der Waals surface area contributed by atoms with Crippen LogP contribution >= 0.6 is 12.4 Å². The molecule has 1 heterocycles. The van der Waals surface area contributed by atoms with Crippen LogP contribution in [0, 0.1) is 12.8 Å². The van der Waals surface area contributed by atoms with E-state index in [0.29, 0.717) is 5.92 Å². The minimum atomic E-state index is -0.0423. The average Bonchev–Trinajstić information content (AvgIpc) is 2.41. The molecule has 2 unspecified atom stereocenters. The van der Waals surface area contributed by atoms with Crippen molar-refractivity contribution < 1.29 is 9.53 Å². The molecule has 1 aliphatic heterocycles. The fourth-order valence-corrected chi connectivity index (χ4v) is 2.26. The van der Waals surface area contributed by atoms with Crippen molar-refractivity contribution in [2.24, 2.45) is 5.92 Å². The molecule has 1 amide bonds. The van der Waals surface area contributed by atoms with Gasteiger partial charge in [0.25, 0.3) is 5.91 Å². The van der Waals surface area contributed by atoms with Crippen molar-refractivity contribution in [1.82, 2.24) is 10.6 Å². The Hall–Kier alpha value is -1.26. The molecular formula is C15H23ClN2O2. The molecule has 0 aromatic heterocycles. The molecule has 5 heteroatoms. The number of benzene rings is 1. The molecule has 20 heavy (non-hydrogen) atoms. The Balaban J connectivity index is 0.00000200. The zero-order valence-corrected chi connectivity index (χ0v) is 12.8. The summed E-state index contributed by atoms with van der Waals surface area (Å²) >= 11 is 0. The van der Waals surface area contributed by atoms with E-state index in [-0.39, 0.29) is 31.0 Å². The fourth-order valence-electron chi connectivity index (χ4n) is 2.26. The van der Waals surface area contributed by atoms with Crippen molar-refractivity contribution in [2.45, 2.75) is 26.3 Å². The number of rotatable bonds is 4. The number of hydrogen-bond acceptors (Lipinski definition) is 3.